The van der Waals surface area contributed by atoms with Crippen LogP contribution in [0, 0.1) is 5.82 Å². The number of hydrogen-bond donors (Lipinski definition) is 3. The van der Waals surface area contributed by atoms with E-state index < -0.39 is 21.6 Å². The molecule has 9 heteroatoms. The molecule has 0 aliphatic carbocycles. The van der Waals surface area contributed by atoms with Crippen LogP contribution in [0.5, 0.6) is 11.5 Å². The van der Waals surface area contributed by atoms with E-state index in [1.807, 2.05) is 0 Å². The van der Waals surface area contributed by atoms with Crippen LogP contribution in [0.2, 0.25) is 0 Å². The molecule has 3 aromatic rings. The number of rotatable bonds is 4. The highest BCUT2D eigenvalue weighted by Crippen LogP contribution is 2.32. The average molecular weight is 366 g/mol. The molecule has 0 atom stereocenters. The molecule has 0 spiro atoms. The van der Waals surface area contributed by atoms with Crippen LogP contribution >= 0.6 is 11.3 Å². The van der Waals surface area contributed by atoms with Crippen LogP contribution in [-0.4, -0.2) is 23.6 Å². The molecule has 0 amide bonds. The third-order valence-corrected chi connectivity index (χ3v) is 5.94. The van der Waals surface area contributed by atoms with E-state index in [1.54, 1.807) is 0 Å². The summed E-state index contributed by atoms with van der Waals surface area (Å²) < 4.78 is 39.8. The van der Waals surface area contributed by atoms with Crippen molar-refractivity contribution in [2.24, 2.45) is 0 Å². The van der Waals surface area contributed by atoms with Crippen LogP contribution in [-0.2, 0) is 10.0 Å². The van der Waals surface area contributed by atoms with E-state index in [1.165, 1.54) is 42.6 Å². The third-order valence-electron chi connectivity index (χ3n) is 3.07. The topological polar surface area (TPSA) is 99.5 Å². The molecule has 3 rings (SSSR count). The highest BCUT2D eigenvalue weighted by Gasteiger charge is 2.20. The average Bonchev–Trinajstić information content (AvgIpc) is 3.02. The summed E-state index contributed by atoms with van der Waals surface area (Å²) in [7, 11) is -3.95. The molecule has 3 N–H and O–H groups in total. The van der Waals surface area contributed by atoms with Crippen molar-refractivity contribution in [3.05, 3.63) is 54.5 Å². The van der Waals surface area contributed by atoms with Crippen molar-refractivity contribution < 1.29 is 23.0 Å². The van der Waals surface area contributed by atoms with Gasteiger partial charge in [-0.2, -0.15) is 0 Å². The fourth-order valence-electron chi connectivity index (χ4n) is 1.91. The van der Waals surface area contributed by atoms with Crippen molar-refractivity contribution in [2.45, 2.75) is 4.21 Å². The monoisotopic (exact) mass is 366 g/mol. The largest absolute Gasteiger partial charge is 0.508 e. The normalized spacial score (nSPS) is 11.4. The molecule has 0 saturated carbocycles. The summed E-state index contributed by atoms with van der Waals surface area (Å²) in [4.78, 5) is 4.03. The molecule has 1 heterocycles. The Bertz CT molecular complexity index is 985. The zero-order valence-corrected chi connectivity index (χ0v) is 13.6. The highest BCUT2D eigenvalue weighted by atomic mass is 32.2. The number of hydrogen-bond acceptors (Lipinski definition) is 6. The van der Waals surface area contributed by atoms with Gasteiger partial charge in [-0.25, -0.2) is 17.8 Å². The predicted octanol–water partition coefficient (Wildman–Crippen LogP) is 3.16. The van der Waals surface area contributed by atoms with Gasteiger partial charge in [0.25, 0.3) is 10.0 Å². The number of phenols is 2. The summed E-state index contributed by atoms with van der Waals surface area (Å²) >= 11 is 0.912. The van der Waals surface area contributed by atoms with Gasteiger partial charge in [0.1, 0.15) is 22.3 Å². The number of halogens is 1. The summed E-state index contributed by atoms with van der Waals surface area (Å²) in [6.07, 6.45) is 1.18. The fourth-order valence-corrected chi connectivity index (χ4v) is 4.12. The van der Waals surface area contributed by atoms with E-state index in [4.69, 9.17) is 0 Å². The lowest BCUT2D eigenvalue weighted by atomic mass is 10.2. The zero-order chi connectivity index (χ0) is 17.3. The quantitative estimate of drug-likeness (QED) is 0.486. The lowest BCUT2D eigenvalue weighted by Crippen LogP contribution is -2.11. The maximum atomic E-state index is 12.9. The number of aromatic nitrogens is 1. The van der Waals surface area contributed by atoms with Gasteiger partial charge in [-0.05, 0) is 36.4 Å². The standard InChI is InChI=1S/C15H11FN2O4S2/c16-10-3-1-9(2-4-10)15-17-8-14(23-15)24(21,22)18-12-6-5-11(19)7-13(12)20/h1-8,18-20H. The van der Waals surface area contributed by atoms with E-state index >= 15 is 0 Å². The first-order chi connectivity index (χ1) is 11.3. The van der Waals surface area contributed by atoms with Crippen molar-refractivity contribution >= 4 is 27.0 Å². The molecule has 0 aliphatic heterocycles. The van der Waals surface area contributed by atoms with Crippen molar-refractivity contribution in [1.29, 1.82) is 0 Å². The first-order valence-corrected chi connectivity index (χ1v) is 8.92. The van der Waals surface area contributed by atoms with E-state index in [0.717, 1.165) is 17.4 Å². The Hall–Kier alpha value is -2.65. The zero-order valence-electron chi connectivity index (χ0n) is 12.0. The van der Waals surface area contributed by atoms with E-state index in [9.17, 15) is 23.0 Å². The Kier molecular flexibility index (Phi) is 4.12. The minimum atomic E-state index is -3.95. The predicted molar refractivity (Wildman–Crippen MR) is 88.1 cm³/mol. The number of anilines is 1. The molecule has 0 bridgehead atoms. The molecule has 0 aliphatic rings. The van der Waals surface area contributed by atoms with Gasteiger partial charge in [-0.1, -0.05) is 0 Å². The van der Waals surface area contributed by atoms with Crippen LogP contribution < -0.4 is 4.72 Å². The number of nitrogens with one attached hydrogen (secondary N) is 1. The molecule has 0 fully saturated rings. The second-order valence-electron chi connectivity index (χ2n) is 4.80. The van der Waals surface area contributed by atoms with Gasteiger partial charge in [0.05, 0.1) is 11.9 Å². The van der Waals surface area contributed by atoms with Crippen LogP contribution in [0.4, 0.5) is 10.1 Å². The second-order valence-corrected chi connectivity index (χ2v) is 7.74. The van der Waals surface area contributed by atoms with Gasteiger partial charge < -0.3 is 10.2 Å². The molecular formula is C15H11FN2O4S2. The summed E-state index contributed by atoms with van der Waals surface area (Å²) in [6, 6.07) is 9.04. The van der Waals surface area contributed by atoms with Crippen LogP contribution in [0.25, 0.3) is 10.6 Å². The molecule has 0 unspecified atom stereocenters. The minimum absolute atomic E-state index is 0.0608. The van der Waals surface area contributed by atoms with Crippen LogP contribution in [0.3, 0.4) is 0 Å². The SMILES string of the molecule is O=S(=O)(Nc1ccc(O)cc1O)c1cnc(-c2ccc(F)cc2)s1. The third kappa shape index (κ3) is 3.31. The lowest BCUT2D eigenvalue weighted by molar-refractivity contribution is 0.452. The molecule has 124 valence electrons. The minimum Gasteiger partial charge on any atom is -0.508 e. The smallest absolute Gasteiger partial charge is 0.273 e. The maximum Gasteiger partial charge on any atom is 0.273 e. The molecule has 0 saturated heterocycles. The molecule has 6 nitrogen and oxygen atoms in total. The van der Waals surface area contributed by atoms with Gasteiger partial charge in [-0.15, -0.1) is 11.3 Å². The summed E-state index contributed by atoms with van der Waals surface area (Å²) in [5.74, 6) is -0.985. The molecule has 2 aromatic carbocycles. The fraction of sp³-hybridized carbons (Fsp3) is 0. The van der Waals surface area contributed by atoms with Crippen molar-refractivity contribution in [3.63, 3.8) is 0 Å². The first-order valence-electron chi connectivity index (χ1n) is 6.62. The van der Waals surface area contributed by atoms with Crippen LogP contribution in [0.1, 0.15) is 0 Å². The molecule has 1 aromatic heterocycles. The maximum absolute atomic E-state index is 12.9. The Morgan fingerprint density at radius 2 is 1.79 bits per heavy atom. The van der Waals surface area contributed by atoms with Gasteiger partial charge in [0.15, 0.2) is 4.21 Å². The number of benzene rings is 2. The molecule has 0 radical (unpaired) electrons. The Morgan fingerprint density at radius 3 is 2.46 bits per heavy atom. The summed E-state index contributed by atoms with van der Waals surface area (Å²) in [5.41, 5.74) is 0.528. The Labute approximate surface area is 140 Å². The molecule has 24 heavy (non-hydrogen) atoms. The van der Waals surface area contributed by atoms with Crippen LogP contribution in [0.15, 0.2) is 52.9 Å². The second kappa shape index (κ2) is 6.10. The van der Waals surface area contributed by atoms with Gasteiger partial charge in [0, 0.05) is 11.6 Å². The van der Waals surface area contributed by atoms with E-state index in [0.29, 0.717) is 10.6 Å². The number of sulfonamides is 1. The number of thiazole rings is 1. The number of aromatic hydroxyl groups is 2. The van der Waals surface area contributed by atoms with Crippen molar-refractivity contribution in [1.82, 2.24) is 4.98 Å². The van der Waals surface area contributed by atoms with Gasteiger partial charge >= 0.3 is 0 Å². The first kappa shape index (κ1) is 16.2. The molecular weight excluding hydrogens is 355 g/mol. The van der Waals surface area contributed by atoms with Gasteiger partial charge in [-0.3, -0.25) is 4.72 Å². The lowest BCUT2D eigenvalue weighted by Gasteiger charge is -2.07. The number of phenolic OH excluding ortho intramolecular Hbond substituents is 2. The number of nitrogens with zero attached hydrogens (tertiary/aromatic N) is 1. The van der Waals surface area contributed by atoms with E-state index in [-0.39, 0.29) is 15.6 Å². The van der Waals surface area contributed by atoms with E-state index in [2.05, 4.69) is 9.71 Å². The summed E-state index contributed by atoms with van der Waals surface area (Å²) in [5, 5.41) is 19.3. The Balaban J connectivity index is 1.89. The van der Waals surface area contributed by atoms with Crippen molar-refractivity contribution in [3.8, 4) is 22.1 Å². The van der Waals surface area contributed by atoms with Gasteiger partial charge in [0.2, 0.25) is 0 Å². The highest BCUT2D eigenvalue weighted by molar-refractivity contribution is 7.94. The Morgan fingerprint density at radius 1 is 1.08 bits per heavy atom. The summed E-state index contributed by atoms with van der Waals surface area (Å²) in [6.45, 7) is 0. The van der Waals surface area contributed by atoms with Crippen molar-refractivity contribution in [2.75, 3.05) is 4.72 Å².